The van der Waals surface area contributed by atoms with Crippen molar-refractivity contribution in [3.63, 3.8) is 0 Å². The van der Waals surface area contributed by atoms with Gasteiger partial charge in [-0.1, -0.05) is 30.3 Å². The molecule has 0 saturated heterocycles. The molecule has 0 bridgehead atoms. The van der Waals surface area contributed by atoms with E-state index in [1.807, 2.05) is 48.7 Å². The van der Waals surface area contributed by atoms with E-state index in [0.717, 1.165) is 22.5 Å². The van der Waals surface area contributed by atoms with E-state index in [1.54, 1.807) is 19.1 Å². The van der Waals surface area contributed by atoms with Crippen LogP contribution in [0, 0.1) is 19.7 Å². The Morgan fingerprint density at radius 1 is 1.14 bits per heavy atom. The largest absolute Gasteiger partial charge is 0.478 e. The zero-order valence-electron chi connectivity index (χ0n) is 16.3. The van der Waals surface area contributed by atoms with E-state index >= 15 is 0 Å². The molecule has 1 atom stereocenters. The fraction of sp³-hybridized carbons (Fsp3) is 0.261. The quantitative estimate of drug-likeness (QED) is 0.621. The number of nitrogens with zero attached hydrogens (tertiary/aromatic N) is 1. The maximum atomic E-state index is 13.5. The van der Waals surface area contributed by atoms with Gasteiger partial charge >= 0.3 is 5.97 Å². The van der Waals surface area contributed by atoms with E-state index < -0.39 is 5.97 Å². The summed E-state index contributed by atoms with van der Waals surface area (Å²) in [4.78, 5) is 11.6. The first-order valence-corrected chi connectivity index (χ1v) is 9.23. The van der Waals surface area contributed by atoms with E-state index in [2.05, 4.69) is 0 Å². The summed E-state index contributed by atoms with van der Waals surface area (Å²) < 4.78 is 21.4. The summed E-state index contributed by atoms with van der Waals surface area (Å²) in [5, 5.41) is 9.55. The Labute approximate surface area is 164 Å². The minimum atomic E-state index is -0.977. The van der Waals surface area contributed by atoms with Crippen LogP contribution in [0.3, 0.4) is 0 Å². The van der Waals surface area contributed by atoms with Gasteiger partial charge in [-0.05, 0) is 56.2 Å². The fourth-order valence-electron chi connectivity index (χ4n) is 3.41. The third-order valence-corrected chi connectivity index (χ3v) is 4.83. The molecule has 1 aromatic heterocycles. The molecule has 0 aliphatic carbocycles. The van der Waals surface area contributed by atoms with Crippen molar-refractivity contribution in [1.29, 1.82) is 0 Å². The molecule has 0 amide bonds. The third-order valence-electron chi connectivity index (χ3n) is 4.83. The number of aromatic carboxylic acids is 1. The number of aryl methyl sites for hydroxylation is 1. The van der Waals surface area contributed by atoms with Crippen LogP contribution in [0.5, 0.6) is 0 Å². The van der Waals surface area contributed by atoms with E-state index in [1.165, 1.54) is 12.1 Å². The summed E-state index contributed by atoms with van der Waals surface area (Å²) in [6.07, 6.45) is 0.424. The lowest BCUT2D eigenvalue weighted by Crippen LogP contribution is -2.15. The number of carboxylic acid groups (broad SMARTS) is 1. The standard InChI is InChI=1S/C23H24FNO3/c1-15-11-19(24)9-10-22(15)25-17(3)21(23(26)27)13-20(25)12-16(2)28-14-18-7-5-4-6-8-18/h4-11,13,16H,12,14H2,1-3H3,(H,26,27). The monoisotopic (exact) mass is 381 g/mol. The molecule has 0 aliphatic heterocycles. The lowest BCUT2D eigenvalue weighted by atomic mass is 10.1. The first kappa shape index (κ1) is 19.8. The van der Waals surface area contributed by atoms with Gasteiger partial charge in [-0.15, -0.1) is 0 Å². The summed E-state index contributed by atoms with van der Waals surface area (Å²) in [5.41, 5.74) is 4.29. The Balaban J connectivity index is 1.89. The highest BCUT2D eigenvalue weighted by Gasteiger charge is 2.20. The molecule has 146 valence electrons. The second-order valence-electron chi connectivity index (χ2n) is 7.02. The number of halogens is 1. The lowest BCUT2D eigenvalue weighted by molar-refractivity contribution is 0.0526. The van der Waals surface area contributed by atoms with Gasteiger partial charge in [0, 0.05) is 23.5 Å². The number of carbonyl (C=O) groups is 1. The molecule has 0 fully saturated rings. The number of aromatic nitrogens is 1. The van der Waals surface area contributed by atoms with Crippen LogP contribution >= 0.6 is 0 Å². The summed E-state index contributed by atoms with van der Waals surface area (Å²) >= 11 is 0. The number of rotatable bonds is 7. The molecule has 5 heteroatoms. The van der Waals surface area contributed by atoms with Gasteiger partial charge < -0.3 is 14.4 Å². The Morgan fingerprint density at radius 3 is 2.50 bits per heavy atom. The van der Waals surface area contributed by atoms with Gasteiger partial charge in [-0.2, -0.15) is 0 Å². The van der Waals surface area contributed by atoms with E-state index in [-0.39, 0.29) is 17.5 Å². The molecule has 0 spiro atoms. The average Bonchev–Trinajstić information content (AvgIpc) is 2.97. The minimum Gasteiger partial charge on any atom is -0.478 e. The molecule has 2 aromatic carbocycles. The number of ether oxygens (including phenoxy) is 1. The predicted octanol–water partition coefficient (Wildman–Crippen LogP) is 5.08. The van der Waals surface area contributed by atoms with Crippen LogP contribution in [-0.4, -0.2) is 21.7 Å². The molecule has 0 aliphatic rings. The summed E-state index contributed by atoms with van der Waals surface area (Å²) in [6, 6.07) is 16.1. The van der Waals surface area contributed by atoms with Gasteiger partial charge in [0.15, 0.2) is 0 Å². The van der Waals surface area contributed by atoms with Crippen LogP contribution in [0.4, 0.5) is 4.39 Å². The molecule has 1 unspecified atom stereocenters. The molecule has 0 saturated carbocycles. The Morgan fingerprint density at radius 2 is 1.86 bits per heavy atom. The second kappa shape index (κ2) is 8.40. The van der Waals surface area contributed by atoms with Crippen molar-refractivity contribution in [2.24, 2.45) is 0 Å². The number of benzene rings is 2. The minimum absolute atomic E-state index is 0.115. The Kier molecular flexibility index (Phi) is 5.95. The smallest absolute Gasteiger partial charge is 0.337 e. The van der Waals surface area contributed by atoms with Crippen molar-refractivity contribution >= 4 is 5.97 Å². The number of hydrogen-bond acceptors (Lipinski definition) is 2. The number of carboxylic acids is 1. The molecule has 0 radical (unpaired) electrons. The predicted molar refractivity (Wildman–Crippen MR) is 107 cm³/mol. The second-order valence-corrected chi connectivity index (χ2v) is 7.02. The van der Waals surface area contributed by atoms with Crippen molar-refractivity contribution < 1.29 is 19.0 Å². The van der Waals surface area contributed by atoms with Crippen LogP contribution in [0.25, 0.3) is 5.69 Å². The maximum absolute atomic E-state index is 13.5. The molecule has 3 rings (SSSR count). The lowest BCUT2D eigenvalue weighted by Gasteiger charge is -2.18. The molecule has 28 heavy (non-hydrogen) atoms. The van der Waals surface area contributed by atoms with Crippen LogP contribution in [0.15, 0.2) is 54.6 Å². The van der Waals surface area contributed by atoms with Gasteiger partial charge in [0.05, 0.1) is 18.3 Å². The molecule has 4 nitrogen and oxygen atoms in total. The van der Waals surface area contributed by atoms with Gasteiger partial charge in [0.1, 0.15) is 5.82 Å². The van der Waals surface area contributed by atoms with Crippen molar-refractivity contribution in [2.75, 3.05) is 0 Å². The summed E-state index contributed by atoms with van der Waals surface area (Å²) in [6.45, 7) is 6.04. The SMILES string of the molecule is Cc1cc(F)ccc1-n1c(CC(C)OCc2ccccc2)cc(C(=O)O)c1C. The van der Waals surface area contributed by atoms with Gasteiger partial charge in [0.25, 0.3) is 0 Å². The average molecular weight is 381 g/mol. The van der Waals surface area contributed by atoms with E-state index in [9.17, 15) is 14.3 Å². The summed E-state index contributed by atoms with van der Waals surface area (Å²) in [5.74, 6) is -1.29. The molecular formula is C23H24FNO3. The fourth-order valence-corrected chi connectivity index (χ4v) is 3.41. The molecule has 3 aromatic rings. The molecular weight excluding hydrogens is 357 g/mol. The summed E-state index contributed by atoms with van der Waals surface area (Å²) in [7, 11) is 0. The van der Waals surface area contributed by atoms with Crippen molar-refractivity contribution in [2.45, 2.75) is 39.9 Å². The third kappa shape index (κ3) is 4.31. The van der Waals surface area contributed by atoms with Crippen molar-refractivity contribution in [3.05, 3.63) is 88.5 Å². The Bertz CT molecular complexity index is 979. The van der Waals surface area contributed by atoms with Crippen LogP contribution in [-0.2, 0) is 17.8 Å². The highest BCUT2D eigenvalue weighted by molar-refractivity contribution is 5.89. The first-order valence-electron chi connectivity index (χ1n) is 9.23. The molecule has 1 N–H and O–H groups in total. The normalized spacial score (nSPS) is 12.1. The van der Waals surface area contributed by atoms with E-state index in [0.29, 0.717) is 18.7 Å². The zero-order valence-corrected chi connectivity index (χ0v) is 16.3. The zero-order chi connectivity index (χ0) is 20.3. The van der Waals surface area contributed by atoms with Crippen molar-refractivity contribution in [3.8, 4) is 5.69 Å². The Hall–Kier alpha value is -2.92. The van der Waals surface area contributed by atoms with Gasteiger partial charge in [0.2, 0.25) is 0 Å². The highest BCUT2D eigenvalue weighted by Crippen LogP contribution is 2.26. The first-order chi connectivity index (χ1) is 13.4. The van der Waals surface area contributed by atoms with Gasteiger partial charge in [-0.25, -0.2) is 9.18 Å². The van der Waals surface area contributed by atoms with Crippen LogP contribution in [0.2, 0.25) is 0 Å². The van der Waals surface area contributed by atoms with Crippen molar-refractivity contribution in [1.82, 2.24) is 4.57 Å². The highest BCUT2D eigenvalue weighted by atomic mass is 19.1. The maximum Gasteiger partial charge on any atom is 0.337 e. The number of hydrogen-bond donors (Lipinski definition) is 1. The van der Waals surface area contributed by atoms with E-state index in [4.69, 9.17) is 4.74 Å². The van der Waals surface area contributed by atoms with Crippen LogP contribution < -0.4 is 0 Å². The van der Waals surface area contributed by atoms with Gasteiger partial charge in [-0.3, -0.25) is 0 Å². The topological polar surface area (TPSA) is 51.5 Å². The van der Waals surface area contributed by atoms with Crippen LogP contribution in [0.1, 0.15) is 39.8 Å². The molecule has 1 heterocycles.